The SMILES string of the molecule is CCN(CC)S(=O)(=O)c1cccc(C(=O)N2CCN(C)c3nc4ccccc4nc32)c1. The normalized spacial score (nSPS) is 14.2. The molecular weight excluding hydrogens is 414 g/mol. The van der Waals surface area contributed by atoms with Crippen LogP contribution in [0.3, 0.4) is 0 Å². The van der Waals surface area contributed by atoms with Gasteiger partial charge < -0.3 is 4.90 Å². The highest BCUT2D eigenvalue weighted by Crippen LogP contribution is 2.32. The fourth-order valence-corrected chi connectivity index (χ4v) is 5.24. The smallest absolute Gasteiger partial charge is 0.259 e. The molecule has 0 fully saturated rings. The van der Waals surface area contributed by atoms with E-state index in [1.54, 1.807) is 30.9 Å². The molecule has 0 unspecified atom stereocenters. The van der Waals surface area contributed by atoms with Gasteiger partial charge in [-0.2, -0.15) is 4.31 Å². The average Bonchev–Trinajstić information content (AvgIpc) is 2.78. The molecule has 4 rings (SSSR count). The molecular formula is C22H25N5O3S. The molecule has 1 amide bonds. The van der Waals surface area contributed by atoms with Crippen molar-refractivity contribution < 1.29 is 13.2 Å². The third-order valence-electron chi connectivity index (χ3n) is 5.48. The highest BCUT2D eigenvalue weighted by Gasteiger charge is 2.30. The van der Waals surface area contributed by atoms with Crippen LogP contribution in [0, 0.1) is 0 Å². The number of anilines is 2. The van der Waals surface area contributed by atoms with Gasteiger partial charge in [0.2, 0.25) is 10.0 Å². The lowest BCUT2D eigenvalue weighted by Crippen LogP contribution is -2.43. The molecule has 0 saturated heterocycles. The Balaban J connectivity index is 1.75. The average molecular weight is 440 g/mol. The number of para-hydroxylation sites is 2. The number of carbonyl (C=O) groups is 1. The third-order valence-corrected chi connectivity index (χ3v) is 7.53. The summed E-state index contributed by atoms with van der Waals surface area (Å²) in [6.07, 6.45) is 0. The van der Waals surface area contributed by atoms with E-state index in [2.05, 4.69) is 0 Å². The minimum atomic E-state index is -3.66. The monoisotopic (exact) mass is 439 g/mol. The molecule has 1 aliphatic rings. The minimum absolute atomic E-state index is 0.112. The fraction of sp³-hybridized carbons (Fsp3) is 0.318. The number of hydrogen-bond acceptors (Lipinski definition) is 6. The van der Waals surface area contributed by atoms with Crippen LogP contribution in [0.5, 0.6) is 0 Å². The van der Waals surface area contributed by atoms with Crippen molar-refractivity contribution in [3.8, 4) is 0 Å². The highest BCUT2D eigenvalue weighted by molar-refractivity contribution is 7.89. The van der Waals surface area contributed by atoms with E-state index < -0.39 is 10.0 Å². The van der Waals surface area contributed by atoms with E-state index >= 15 is 0 Å². The maximum Gasteiger partial charge on any atom is 0.259 e. The summed E-state index contributed by atoms with van der Waals surface area (Å²) in [5.41, 5.74) is 1.76. The Bertz CT molecular complexity index is 1240. The summed E-state index contributed by atoms with van der Waals surface area (Å²) in [7, 11) is -1.74. The number of amides is 1. The molecule has 0 aliphatic carbocycles. The third kappa shape index (κ3) is 3.75. The molecule has 162 valence electrons. The summed E-state index contributed by atoms with van der Waals surface area (Å²) >= 11 is 0. The summed E-state index contributed by atoms with van der Waals surface area (Å²) in [6.45, 7) is 5.35. The Morgan fingerprint density at radius 2 is 1.61 bits per heavy atom. The molecule has 0 N–H and O–H groups in total. The van der Waals surface area contributed by atoms with Crippen LogP contribution in [0.1, 0.15) is 24.2 Å². The highest BCUT2D eigenvalue weighted by atomic mass is 32.2. The van der Waals surface area contributed by atoms with E-state index in [4.69, 9.17) is 9.97 Å². The van der Waals surface area contributed by atoms with E-state index in [9.17, 15) is 13.2 Å². The van der Waals surface area contributed by atoms with Gasteiger partial charge in [-0.15, -0.1) is 0 Å². The van der Waals surface area contributed by atoms with Crippen molar-refractivity contribution in [2.45, 2.75) is 18.7 Å². The molecule has 0 radical (unpaired) electrons. The predicted octanol–water partition coefficient (Wildman–Crippen LogP) is 2.76. The number of aromatic nitrogens is 2. The Kier molecular flexibility index (Phi) is 5.63. The first kappa shape index (κ1) is 21.2. The topological polar surface area (TPSA) is 86.7 Å². The molecule has 0 atom stereocenters. The second-order valence-corrected chi connectivity index (χ2v) is 9.29. The number of fused-ring (bicyclic) bond motifs is 2. The van der Waals surface area contributed by atoms with Crippen molar-refractivity contribution in [2.75, 3.05) is 43.0 Å². The lowest BCUT2D eigenvalue weighted by Gasteiger charge is -2.33. The number of likely N-dealkylation sites (N-methyl/N-ethyl adjacent to an activating group) is 1. The zero-order chi connectivity index (χ0) is 22.2. The molecule has 0 saturated carbocycles. The number of hydrogen-bond donors (Lipinski definition) is 0. The second kappa shape index (κ2) is 8.24. The van der Waals surface area contributed by atoms with E-state index in [1.165, 1.54) is 16.4 Å². The maximum atomic E-state index is 13.4. The number of sulfonamides is 1. The van der Waals surface area contributed by atoms with Gasteiger partial charge in [0.15, 0.2) is 11.6 Å². The van der Waals surface area contributed by atoms with E-state index in [1.807, 2.05) is 36.2 Å². The van der Waals surface area contributed by atoms with Crippen molar-refractivity contribution in [1.82, 2.24) is 14.3 Å². The maximum absolute atomic E-state index is 13.4. The van der Waals surface area contributed by atoms with Crippen LogP contribution >= 0.6 is 0 Å². The van der Waals surface area contributed by atoms with Gasteiger partial charge in [-0.05, 0) is 30.3 Å². The van der Waals surface area contributed by atoms with Crippen molar-refractivity contribution in [3.05, 3.63) is 54.1 Å². The summed E-state index contributed by atoms with van der Waals surface area (Å²) in [5, 5.41) is 0. The molecule has 3 aromatic rings. The van der Waals surface area contributed by atoms with Gasteiger partial charge in [-0.3, -0.25) is 9.69 Å². The Hall–Kier alpha value is -3.04. The molecule has 1 aliphatic heterocycles. The number of nitrogens with zero attached hydrogens (tertiary/aromatic N) is 5. The zero-order valence-electron chi connectivity index (χ0n) is 17.8. The van der Waals surface area contributed by atoms with E-state index in [0.29, 0.717) is 48.9 Å². The fourth-order valence-electron chi connectivity index (χ4n) is 3.74. The number of carbonyl (C=O) groups excluding carboxylic acids is 1. The summed E-state index contributed by atoms with van der Waals surface area (Å²) < 4.78 is 27.2. The summed E-state index contributed by atoms with van der Waals surface area (Å²) in [5.74, 6) is 0.815. The van der Waals surface area contributed by atoms with Crippen molar-refractivity contribution in [2.24, 2.45) is 0 Å². The van der Waals surface area contributed by atoms with Crippen LogP contribution in [0.25, 0.3) is 11.0 Å². The van der Waals surface area contributed by atoms with Gasteiger partial charge in [0.25, 0.3) is 5.91 Å². The Morgan fingerprint density at radius 1 is 0.968 bits per heavy atom. The first-order chi connectivity index (χ1) is 14.9. The van der Waals surface area contributed by atoms with Crippen molar-refractivity contribution >= 4 is 38.6 Å². The van der Waals surface area contributed by atoms with Gasteiger partial charge in [0.1, 0.15) is 0 Å². The first-order valence-electron chi connectivity index (χ1n) is 10.3. The predicted molar refractivity (Wildman–Crippen MR) is 121 cm³/mol. The molecule has 1 aromatic heterocycles. The molecule has 8 nitrogen and oxygen atoms in total. The van der Waals surface area contributed by atoms with Crippen LogP contribution in [0.15, 0.2) is 53.4 Å². The van der Waals surface area contributed by atoms with Gasteiger partial charge in [-0.1, -0.05) is 32.0 Å². The first-order valence-corrected chi connectivity index (χ1v) is 11.7. The Labute approximate surface area is 182 Å². The summed E-state index contributed by atoms with van der Waals surface area (Å²) in [6, 6.07) is 13.7. The lowest BCUT2D eigenvalue weighted by atomic mass is 10.2. The van der Waals surface area contributed by atoms with Gasteiger partial charge >= 0.3 is 0 Å². The van der Waals surface area contributed by atoms with E-state index in [-0.39, 0.29) is 10.8 Å². The molecule has 2 aromatic carbocycles. The summed E-state index contributed by atoms with van der Waals surface area (Å²) in [4.78, 5) is 26.5. The number of benzene rings is 2. The molecule has 0 spiro atoms. The molecule has 2 heterocycles. The second-order valence-electron chi connectivity index (χ2n) is 7.36. The minimum Gasteiger partial charge on any atom is -0.355 e. The molecule has 9 heteroatoms. The molecule has 31 heavy (non-hydrogen) atoms. The van der Waals surface area contributed by atoms with Crippen LogP contribution in [0.4, 0.5) is 11.6 Å². The van der Waals surface area contributed by atoms with Crippen molar-refractivity contribution in [1.29, 1.82) is 0 Å². The standard InChI is InChI=1S/C22H25N5O3S/c1-4-26(5-2)31(29,30)17-10-8-9-16(15-17)22(28)27-14-13-25(3)20-21(27)24-19-12-7-6-11-18(19)23-20/h6-12,15H,4-5,13-14H2,1-3H3. The quantitative estimate of drug-likeness (QED) is 0.608. The van der Waals surface area contributed by atoms with Crippen LogP contribution < -0.4 is 9.80 Å². The molecule has 0 bridgehead atoms. The van der Waals surface area contributed by atoms with Crippen LogP contribution in [0.2, 0.25) is 0 Å². The lowest BCUT2D eigenvalue weighted by molar-refractivity contribution is 0.0985. The van der Waals surface area contributed by atoms with Gasteiger partial charge in [0.05, 0.1) is 15.9 Å². The van der Waals surface area contributed by atoms with E-state index in [0.717, 1.165) is 5.52 Å². The largest absolute Gasteiger partial charge is 0.355 e. The zero-order valence-corrected chi connectivity index (χ0v) is 18.6. The van der Waals surface area contributed by atoms with Crippen LogP contribution in [-0.4, -0.2) is 61.8 Å². The number of rotatable bonds is 5. The van der Waals surface area contributed by atoms with Gasteiger partial charge in [-0.25, -0.2) is 18.4 Å². The Morgan fingerprint density at radius 3 is 2.26 bits per heavy atom. The van der Waals surface area contributed by atoms with Gasteiger partial charge in [0, 0.05) is 38.8 Å². The van der Waals surface area contributed by atoms with Crippen LogP contribution in [-0.2, 0) is 10.0 Å². The van der Waals surface area contributed by atoms with Crippen molar-refractivity contribution in [3.63, 3.8) is 0 Å².